The first-order valence-electron chi connectivity index (χ1n) is 6.26. The summed E-state index contributed by atoms with van der Waals surface area (Å²) < 4.78 is 37.8. The lowest BCUT2D eigenvalue weighted by Gasteiger charge is -2.11. The lowest BCUT2D eigenvalue weighted by molar-refractivity contribution is -0.384. The first-order chi connectivity index (χ1) is 11.6. The summed E-state index contributed by atoms with van der Waals surface area (Å²) in [5, 5.41) is 21.2. The molecule has 0 fully saturated rings. The number of nitro benzene ring substituents is 1. The third-order valence-electron chi connectivity index (χ3n) is 2.83. The third kappa shape index (κ3) is 4.20. The number of halogens is 3. The second-order valence-electron chi connectivity index (χ2n) is 4.46. The molecular formula is C12H7F3N4O5S. The van der Waals surface area contributed by atoms with Crippen molar-refractivity contribution in [3.05, 3.63) is 61.0 Å². The average Bonchev–Trinajstić information content (AvgIpc) is 3.01. The molecule has 1 heterocycles. The molecule has 0 spiro atoms. The van der Waals surface area contributed by atoms with Gasteiger partial charge in [0.05, 0.1) is 15.4 Å². The highest BCUT2D eigenvalue weighted by atomic mass is 32.1. The van der Waals surface area contributed by atoms with Crippen LogP contribution in [0.4, 0.5) is 29.5 Å². The predicted octanol–water partition coefficient (Wildman–Crippen LogP) is 3.34. The Balaban J connectivity index is 2.17. The van der Waals surface area contributed by atoms with E-state index in [1.54, 1.807) is 0 Å². The van der Waals surface area contributed by atoms with Gasteiger partial charge in [0.2, 0.25) is 0 Å². The minimum atomic E-state index is -4.76. The Morgan fingerprint density at radius 3 is 2.28 bits per heavy atom. The van der Waals surface area contributed by atoms with Gasteiger partial charge < -0.3 is 0 Å². The summed E-state index contributed by atoms with van der Waals surface area (Å²) in [7, 11) is 0. The van der Waals surface area contributed by atoms with Crippen molar-refractivity contribution in [1.82, 2.24) is 5.43 Å². The molecule has 132 valence electrons. The van der Waals surface area contributed by atoms with Gasteiger partial charge in [0.25, 0.3) is 11.6 Å². The number of amides is 1. The van der Waals surface area contributed by atoms with Gasteiger partial charge in [-0.05, 0) is 18.2 Å². The molecule has 0 saturated heterocycles. The van der Waals surface area contributed by atoms with Crippen LogP contribution in [-0.2, 0) is 6.18 Å². The molecule has 1 aromatic carbocycles. The highest BCUT2D eigenvalue weighted by Gasteiger charge is 2.33. The van der Waals surface area contributed by atoms with E-state index in [2.05, 4.69) is 5.43 Å². The van der Waals surface area contributed by atoms with Crippen molar-refractivity contribution < 1.29 is 27.8 Å². The monoisotopic (exact) mass is 376 g/mol. The predicted molar refractivity (Wildman–Crippen MR) is 80.2 cm³/mol. The Morgan fingerprint density at radius 2 is 1.76 bits per heavy atom. The zero-order valence-corrected chi connectivity index (χ0v) is 12.7. The van der Waals surface area contributed by atoms with E-state index in [0.717, 1.165) is 12.1 Å². The molecule has 2 N–H and O–H groups in total. The lowest BCUT2D eigenvalue weighted by atomic mass is 10.1. The highest BCUT2D eigenvalue weighted by molar-refractivity contribution is 7.17. The van der Waals surface area contributed by atoms with Gasteiger partial charge in [-0.1, -0.05) is 11.3 Å². The molecule has 1 amide bonds. The molecule has 1 aromatic heterocycles. The number of alkyl halides is 3. The van der Waals surface area contributed by atoms with Crippen LogP contribution in [-0.4, -0.2) is 15.8 Å². The molecule has 13 heteroatoms. The fourth-order valence-electron chi connectivity index (χ4n) is 1.70. The van der Waals surface area contributed by atoms with Gasteiger partial charge in [-0.25, -0.2) is 0 Å². The van der Waals surface area contributed by atoms with Crippen molar-refractivity contribution in [2.45, 2.75) is 6.18 Å². The van der Waals surface area contributed by atoms with Crippen LogP contribution in [0.15, 0.2) is 30.3 Å². The molecular weight excluding hydrogens is 369 g/mol. The van der Waals surface area contributed by atoms with E-state index in [-0.39, 0.29) is 15.6 Å². The first kappa shape index (κ1) is 18.1. The number of nitro groups is 2. The molecule has 0 radical (unpaired) electrons. The molecule has 0 aliphatic heterocycles. The van der Waals surface area contributed by atoms with Crippen molar-refractivity contribution in [2.75, 3.05) is 5.43 Å². The molecule has 2 rings (SSSR count). The minimum absolute atomic E-state index is 0.0613. The number of hydrogen-bond donors (Lipinski definition) is 2. The number of hydrogen-bond acceptors (Lipinski definition) is 7. The zero-order valence-electron chi connectivity index (χ0n) is 11.9. The summed E-state index contributed by atoms with van der Waals surface area (Å²) in [6.45, 7) is 0. The molecule has 0 saturated carbocycles. The maximum atomic E-state index is 12.6. The summed E-state index contributed by atoms with van der Waals surface area (Å²) in [5.74, 6) is -0.840. The third-order valence-corrected chi connectivity index (χ3v) is 3.86. The number of carbonyl (C=O) groups is 1. The van der Waals surface area contributed by atoms with Crippen LogP contribution in [0.5, 0.6) is 0 Å². The van der Waals surface area contributed by atoms with Crippen LogP contribution in [0.3, 0.4) is 0 Å². The van der Waals surface area contributed by atoms with Crippen molar-refractivity contribution in [3.63, 3.8) is 0 Å². The lowest BCUT2D eigenvalue weighted by Crippen LogP contribution is -2.29. The van der Waals surface area contributed by atoms with E-state index < -0.39 is 33.2 Å². The SMILES string of the molecule is O=C(NNc1ccc(C(F)(F)F)cc1[N+](=O)[O-])c1ccc([N+](=O)[O-])s1. The van der Waals surface area contributed by atoms with Gasteiger partial charge in [0.1, 0.15) is 10.6 Å². The number of benzene rings is 1. The number of nitrogens with one attached hydrogen (secondary N) is 2. The Kier molecular flexibility index (Phi) is 4.87. The Labute approximate surface area is 140 Å². The van der Waals surface area contributed by atoms with Gasteiger partial charge in [-0.2, -0.15) is 13.2 Å². The number of carbonyl (C=O) groups excluding carboxylic acids is 1. The van der Waals surface area contributed by atoms with E-state index in [0.29, 0.717) is 23.5 Å². The summed E-state index contributed by atoms with van der Waals surface area (Å²) in [5.41, 5.74) is 1.68. The van der Waals surface area contributed by atoms with Gasteiger partial charge >= 0.3 is 11.2 Å². The van der Waals surface area contributed by atoms with Crippen LogP contribution in [0.2, 0.25) is 0 Å². The van der Waals surface area contributed by atoms with Crippen LogP contribution < -0.4 is 10.9 Å². The van der Waals surface area contributed by atoms with Gasteiger partial charge in [-0.3, -0.25) is 35.9 Å². The summed E-state index contributed by atoms with van der Waals surface area (Å²) in [6.07, 6.45) is -4.76. The molecule has 25 heavy (non-hydrogen) atoms. The van der Waals surface area contributed by atoms with Crippen LogP contribution in [0.1, 0.15) is 15.2 Å². The Bertz CT molecular complexity index is 852. The normalized spacial score (nSPS) is 11.0. The number of anilines is 1. The molecule has 0 aliphatic rings. The zero-order chi connectivity index (χ0) is 18.8. The molecule has 0 aliphatic carbocycles. The fraction of sp³-hybridized carbons (Fsp3) is 0.0833. The van der Waals surface area contributed by atoms with Gasteiger partial charge in [-0.15, -0.1) is 0 Å². The van der Waals surface area contributed by atoms with Gasteiger partial charge in [0.15, 0.2) is 0 Å². The number of nitrogens with zero attached hydrogens (tertiary/aromatic N) is 2. The van der Waals surface area contributed by atoms with E-state index >= 15 is 0 Å². The largest absolute Gasteiger partial charge is 0.416 e. The molecule has 0 atom stereocenters. The fourth-order valence-corrected chi connectivity index (χ4v) is 2.41. The van der Waals surface area contributed by atoms with Crippen molar-refractivity contribution in [1.29, 1.82) is 0 Å². The smallest absolute Gasteiger partial charge is 0.292 e. The summed E-state index contributed by atoms with van der Waals surface area (Å²) in [6, 6.07) is 3.99. The second-order valence-corrected chi connectivity index (χ2v) is 5.52. The van der Waals surface area contributed by atoms with Crippen molar-refractivity contribution in [3.8, 4) is 0 Å². The number of hydrazine groups is 1. The quantitative estimate of drug-likeness (QED) is 0.608. The molecule has 2 aromatic rings. The standard InChI is InChI=1S/C12H7F3N4O5S/c13-12(14,15)6-1-2-7(8(5-6)18(21)22)16-17-11(20)9-3-4-10(25-9)19(23)24/h1-5,16H,(H,17,20). The van der Waals surface area contributed by atoms with Crippen LogP contribution in [0, 0.1) is 20.2 Å². The van der Waals surface area contributed by atoms with E-state index in [1.165, 1.54) is 6.07 Å². The van der Waals surface area contributed by atoms with Crippen LogP contribution >= 0.6 is 11.3 Å². The van der Waals surface area contributed by atoms with Crippen molar-refractivity contribution in [2.24, 2.45) is 0 Å². The average molecular weight is 376 g/mol. The topological polar surface area (TPSA) is 127 Å². The van der Waals surface area contributed by atoms with Crippen molar-refractivity contribution >= 4 is 33.6 Å². The minimum Gasteiger partial charge on any atom is -0.292 e. The number of thiophene rings is 1. The Morgan fingerprint density at radius 1 is 1.08 bits per heavy atom. The summed E-state index contributed by atoms with van der Waals surface area (Å²) >= 11 is 0.567. The van der Waals surface area contributed by atoms with E-state index in [1.807, 2.05) is 5.43 Å². The second kappa shape index (κ2) is 6.72. The molecule has 0 unspecified atom stereocenters. The molecule has 0 bridgehead atoms. The number of rotatable bonds is 5. The summed E-state index contributed by atoms with van der Waals surface area (Å²) in [4.78, 5) is 31.5. The molecule has 9 nitrogen and oxygen atoms in total. The van der Waals surface area contributed by atoms with Crippen LogP contribution in [0.25, 0.3) is 0 Å². The maximum Gasteiger partial charge on any atom is 0.416 e. The highest BCUT2D eigenvalue weighted by Crippen LogP contribution is 2.34. The van der Waals surface area contributed by atoms with E-state index in [9.17, 15) is 38.2 Å². The van der Waals surface area contributed by atoms with Gasteiger partial charge in [0, 0.05) is 12.1 Å². The van der Waals surface area contributed by atoms with E-state index in [4.69, 9.17) is 0 Å². The first-order valence-corrected chi connectivity index (χ1v) is 7.07. The Hall–Kier alpha value is -3.22. The maximum absolute atomic E-state index is 12.6.